The maximum atomic E-state index is 8.25. The third-order valence-electron chi connectivity index (χ3n) is 11.7. The van der Waals surface area contributed by atoms with Gasteiger partial charge >= 0.3 is 5.89 Å². The summed E-state index contributed by atoms with van der Waals surface area (Å²) in [4.78, 5) is 9.69. The highest BCUT2D eigenvalue weighted by Crippen LogP contribution is 2.53. The molecule has 3 aromatic rings. The van der Waals surface area contributed by atoms with E-state index in [-0.39, 0.29) is 0 Å². The summed E-state index contributed by atoms with van der Waals surface area (Å²) < 4.78 is 11.1. The maximum absolute atomic E-state index is 8.25. The van der Waals surface area contributed by atoms with Crippen LogP contribution in [0.1, 0.15) is 123 Å². The Morgan fingerprint density at radius 2 is 1.43 bits per heavy atom. The van der Waals surface area contributed by atoms with Gasteiger partial charge in [-0.1, -0.05) is 82.1 Å². The van der Waals surface area contributed by atoms with E-state index in [1.807, 2.05) is 11.8 Å². The van der Waals surface area contributed by atoms with E-state index in [0.29, 0.717) is 6.04 Å². The van der Waals surface area contributed by atoms with Crippen molar-refractivity contribution in [3.05, 3.63) is 86.9 Å². The molecule has 1 saturated heterocycles. The number of hydrogen-bond donors (Lipinski definition) is 0. The zero-order chi connectivity index (χ0) is 36.5. The highest BCUT2D eigenvalue weighted by atomic mass is 32.2. The van der Waals surface area contributed by atoms with Crippen molar-refractivity contribution in [2.75, 3.05) is 32.7 Å². The fourth-order valence-corrected chi connectivity index (χ4v) is 9.76. The first kappa shape index (κ1) is 40.6. The summed E-state index contributed by atoms with van der Waals surface area (Å²) in [7, 11) is 0. The van der Waals surface area contributed by atoms with Crippen LogP contribution in [0.3, 0.4) is 0 Å². The van der Waals surface area contributed by atoms with Crippen molar-refractivity contribution in [2.45, 2.75) is 135 Å². The van der Waals surface area contributed by atoms with Gasteiger partial charge in [-0.3, -0.25) is 0 Å². The lowest BCUT2D eigenvalue weighted by Gasteiger charge is -2.40. The second kappa shape index (κ2) is 20.8. The zero-order valence-corrected chi connectivity index (χ0v) is 32.7. The van der Waals surface area contributed by atoms with Gasteiger partial charge in [-0.2, -0.15) is 4.57 Å². The highest BCUT2D eigenvalue weighted by molar-refractivity contribution is 8.03. The van der Waals surface area contributed by atoms with Crippen molar-refractivity contribution in [1.29, 1.82) is 0 Å². The van der Waals surface area contributed by atoms with Gasteiger partial charge in [-0.05, 0) is 83.3 Å². The van der Waals surface area contributed by atoms with Gasteiger partial charge in [-0.25, -0.2) is 4.48 Å². The quantitative estimate of drug-likeness (QED) is 0.0951. The average Bonchev–Trinajstić information content (AvgIpc) is 3.65. The van der Waals surface area contributed by atoms with Gasteiger partial charge in [-0.15, -0.1) is 0 Å². The molecule has 5 rings (SSSR count). The van der Waals surface area contributed by atoms with Crippen molar-refractivity contribution in [3.8, 4) is 0 Å². The fraction of sp³-hybridized carbons (Fsp3) is 0.595. The summed E-state index contributed by atoms with van der Waals surface area (Å²) in [5.74, 6) is 0.957. The SMILES string of the molecule is CC[N+](CC)(CC)CCC[n+]1c(C=C/C=C2\Sc3ccccc3[N+]23CCCCCCCCCCCCCCC3C)oc2ccccc21.O=[N+]([O-])[O-]. The standard InChI is InChI=1S/C42H64N3OS.NO3/c1-5-44(6-2,7-3)34-25-33-43-37-27-19-21-29-39(37)46-41(43)31-24-32-42-45(38-28-20-22-30-40(38)47-42)35-23-17-15-13-11-9-8-10-12-14-16-18-26-36(45)4;2-1(3)4/h19-22,24,27-32,36H,5-18,23,25-26,33-35H2,1-4H3;/q+3;-1/b31-24?,42-32-;. The number of para-hydroxylation sites is 3. The predicted octanol–water partition coefficient (Wildman–Crippen LogP) is 11.2. The molecule has 9 heteroatoms. The van der Waals surface area contributed by atoms with Crippen molar-refractivity contribution in [1.82, 2.24) is 4.48 Å². The van der Waals surface area contributed by atoms with Crippen molar-refractivity contribution < 1.29 is 18.6 Å². The number of quaternary nitrogens is 2. The molecule has 2 unspecified atom stereocenters. The van der Waals surface area contributed by atoms with E-state index in [1.165, 1.54) is 142 Å². The van der Waals surface area contributed by atoms with Crippen molar-refractivity contribution >= 4 is 34.6 Å². The number of aromatic nitrogens is 1. The number of allylic oxidation sites excluding steroid dienone is 2. The molecule has 0 bridgehead atoms. The van der Waals surface area contributed by atoms with E-state index in [0.717, 1.165) is 28.9 Å². The van der Waals surface area contributed by atoms with Crippen LogP contribution >= 0.6 is 11.8 Å². The molecule has 1 aromatic heterocycles. The van der Waals surface area contributed by atoms with Crippen LogP contribution in [-0.2, 0) is 6.54 Å². The van der Waals surface area contributed by atoms with Crippen molar-refractivity contribution in [2.24, 2.45) is 0 Å². The monoisotopic (exact) mass is 720 g/mol. The second-order valence-electron chi connectivity index (χ2n) is 14.6. The fourth-order valence-electron chi connectivity index (χ4n) is 8.38. The first-order chi connectivity index (χ1) is 24.8. The van der Waals surface area contributed by atoms with Crippen LogP contribution in [-0.4, -0.2) is 48.3 Å². The number of fused-ring (bicyclic) bond motifs is 3. The molecule has 280 valence electrons. The third-order valence-corrected chi connectivity index (χ3v) is 12.9. The van der Waals surface area contributed by atoms with Gasteiger partial charge < -0.3 is 24.2 Å². The van der Waals surface area contributed by atoms with Crippen molar-refractivity contribution in [3.63, 3.8) is 0 Å². The smallest absolute Gasteiger partial charge is 0.374 e. The van der Waals surface area contributed by atoms with Gasteiger partial charge in [0.1, 0.15) is 0 Å². The lowest BCUT2D eigenvalue weighted by molar-refractivity contribution is -0.925. The van der Waals surface area contributed by atoms with Crippen LogP contribution in [0.2, 0.25) is 0 Å². The van der Waals surface area contributed by atoms with Crippen LogP contribution in [0.5, 0.6) is 0 Å². The molecular weight excluding hydrogens is 657 g/mol. The number of rotatable bonds is 9. The van der Waals surface area contributed by atoms with E-state index in [9.17, 15) is 0 Å². The Labute approximate surface area is 311 Å². The van der Waals surface area contributed by atoms with Crippen LogP contribution < -0.4 is 9.05 Å². The normalized spacial score (nSPS) is 21.9. The molecule has 1 spiro atoms. The van der Waals surface area contributed by atoms with Gasteiger partial charge in [0, 0.05) is 18.2 Å². The Kier molecular flexibility index (Phi) is 16.6. The molecule has 0 amide bonds. The van der Waals surface area contributed by atoms with Crippen LogP contribution in [0.25, 0.3) is 17.2 Å². The molecule has 0 N–H and O–H groups in total. The van der Waals surface area contributed by atoms with Gasteiger partial charge in [0.15, 0.2) is 17.3 Å². The molecule has 0 aliphatic carbocycles. The molecule has 2 atom stereocenters. The summed E-state index contributed by atoms with van der Waals surface area (Å²) >= 11 is 2.01. The van der Waals surface area contributed by atoms with E-state index in [2.05, 4.69) is 99.0 Å². The predicted molar refractivity (Wildman–Crippen MR) is 214 cm³/mol. The molecule has 0 radical (unpaired) electrons. The summed E-state index contributed by atoms with van der Waals surface area (Å²) in [6.07, 6.45) is 26.1. The summed E-state index contributed by atoms with van der Waals surface area (Å²) in [6, 6.07) is 18.4. The highest BCUT2D eigenvalue weighted by Gasteiger charge is 2.47. The molecule has 51 heavy (non-hydrogen) atoms. The Morgan fingerprint density at radius 3 is 2.08 bits per heavy atom. The van der Waals surface area contributed by atoms with E-state index < -0.39 is 5.09 Å². The Balaban J connectivity index is 0.00000138. The largest absolute Gasteiger partial charge is 0.398 e. The molecule has 2 aromatic carbocycles. The van der Waals surface area contributed by atoms with Crippen LogP contribution in [0.4, 0.5) is 5.69 Å². The van der Waals surface area contributed by atoms with Gasteiger partial charge in [0.05, 0.1) is 61.2 Å². The first-order valence-electron chi connectivity index (χ1n) is 19.9. The van der Waals surface area contributed by atoms with E-state index in [4.69, 9.17) is 19.7 Å². The number of hydrogen-bond acceptors (Lipinski definition) is 5. The third kappa shape index (κ3) is 10.9. The minimum atomic E-state index is -1.75. The first-order valence-corrected chi connectivity index (χ1v) is 20.7. The minimum absolute atomic E-state index is 0.559. The maximum Gasteiger partial charge on any atom is 0.374 e. The molecule has 3 heterocycles. The molecule has 2 aliphatic rings. The Bertz CT molecular complexity index is 1550. The van der Waals surface area contributed by atoms with Gasteiger partial charge in [0.2, 0.25) is 5.58 Å². The lowest BCUT2D eigenvalue weighted by atomic mass is 10.00. The number of aryl methyl sites for hydroxylation is 1. The Hall–Kier alpha value is -3.14. The van der Waals surface area contributed by atoms with Crippen LogP contribution in [0, 0.1) is 15.3 Å². The summed E-state index contributed by atoms with van der Waals surface area (Å²) in [5.41, 5.74) is 3.69. The number of thioether (sulfide) groups is 1. The summed E-state index contributed by atoms with van der Waals surface area (Å²) in [6.45, 7) is 16.5. The number of benzene rings is 2. The number of nitrogens with zero attached hydrogens (tertiary/aromatic N) is 4. The molecule has 8 nitrogen and oxygen atoms in total. The molecule has 1 fully saturated rings. The minimum Gasteiger partial charge on any atom is -0.398 e. The van der Waals surface area contributed by atoms with E-state index >= 15 is 0 Å². The Morgan fingerprint density at radius 1 is 0.863 bits per heavy atom. The molecule has 0 saturated carbocycles. The van der Waals surface area contributed by atoms with E-state index in [1.54, 1.807) is 0 Å². The van der Waals surface area contributed by atoms with Gasteiger partial charge in [0.25, 0.3) is 5.52 Å². The second-order valence-corrected chi connectivity index (χ2v) is 15.6. The average molecular weight is 721 g/mol. The lowest BCUT2D eigenvalue weighted by Crippen LogP contribution is -2.53. The zero-order valence-electron chi connectivity index (χ0n) is 31.9. The molecular formula is C42H64N4O4S+2. The van der Waals surface area contributed by atoms with Crippen LogP contribution in [0.15, 0.2) is 75.0 Å². The summed E-state index contributed by atoms with van der Waals surface area (Å²) in [5, 5.41) is 16.2. The number of oxazole rings is 1. The molecule has 2 aliphatic heterocycles. The topological polar surface area (TPSA) is 83.2 Å².